The molecular formula is C13H19N5OS. The third-order valence-corrected chi connectivity index (χ3v) is 4.13. The van der Waals surface area contributed by atoms with E-state index in [-0.39, 0.29) is 11.9 Å². The van der Waals surface area contributed by atoms with Crippen molar-refractivity contribution in [2.75, 3.05) is 0 Å². The molecule has 2 aromatic heterocycles. The summed E-state index contributed by atoms with van der Waals surface area (Å²) in [6.45, 7) is 8.46. The van der Waals surface area contributed by atoms with Crippen molar-refractivity contribution in [3.63, 3.8) is 0 Å². The normalized spacial score (nSPS) is 12.7. The number of nitrogens with one attached hydrogen (secondary N) is 1. The molecule has 108 valence electrons. The van der Waals surface area contributed by atoms with E-state index < -0.39 is 0 Å². The Morgan fingerprint density at radius 2 is 2.00 bits per heavy atom. The lowest BCUT2D eigenvalue weighted by atomic mass is 10.0. The number of aryl methyl sites for hydroxylation is 2. The van der Waals surface area contributed by atoms with Crippen LogP contribution in [0.15, 0.2) is 12.4 Å². The van der Waals surface area contributed by atoms with Crippen LogP contribution in [0.1, 0.15) is 34.2 Å². The molecule has 2 heterocycles. The average molecular weight is 293 g/mol. The number of carbonyl (C=O) groups is 1. The fourth-order valence-electron chi connectivity index (χ4n) is 1.91. The Hall–Kier alpha value is -1.76. The summed E-state index contributed by atoms with van der Waals surface area (Å²) >= 11 is 1.42. The molecule has 0 aliphatic carbocycles. The van der Waals surface area contributed by atoms with Crippen molar-refractivity contribution in [3.8, 4) is 0 Å². The van der Waals surface area contributed by atoms with Crippen LogP contribution < -0.4 is 5.32 Å². The Morgan fingerprint density at radius 3 is 2.50 bits per heavy atom. The smallest absolute Gasteiger partial charge is 0.263 e. The lowest BCUT2D eigenvalue weighted by Crippen LogP contribution is -2.42. The summed E-state index contributed by atoms with van der Waals surface area (Å²) in [6.07, 6.45) is 3.27. The molecule has 0 spiro atoms. The number of rotatable bonds is 5. The number of thiazole rings is 1. The number of hydrogen-bond donors (Lipinski definition) is 1. The van der Waals surface area contributed by atoms with Gasteiger partial charge in [0, 0.05) is 0 Å². The van der Waals surface area contributed by atoms with Crippen molar-refractivity contribution in [2.45, 2.75) is 40.3 Å². The van der Waals surface area contributed by atoms with Crippen molar-refractivity contribution in [3.05, 3.63) is 28.0 Å². The molecule has 0 aliphatic heterocycles. The zero-order chi connectivity index (χ0) is 14.7. The van der Waals surface area contributed by atoms with Crippen LogP contribution in [0.2, 0.25) is 0 Å². The fraction of sp³-hybridized carbons (Fsp3) is 0.538. The fourth-order valence-corrected chi connectivity index (χ4v) is 2.74. The first kappa shape index (κ1) is 14.6. The summed E-state index contributed by atoms with van der Waals surface area (Å²) in [5.74, 6) is 0.221. The van der Waals surface area contributed by atoms with E-state index in [4.69, 9.17) is 0 Å². The van der Waals surface area contributed by atoms with Crippen LogP contribution >= 0.6 is 11.3 Å². The first-order valence-electron chi connectivity index (χ1n) is 6.56. The molecule has 1 N–H and O–H groups in total. The number of aromatic nitrogens is 4. The lowest BCUT2D eigenvalue weighted by Gasteiger charge is -2.21. The molecule has 0 aromatic carbocycles. The van der Waals surface area contributed by atoms with Gasteiger partial charge < -0.3 is 5.32 Å². The summed E-state index contributed by atoms with van der Waals surface area (Å²) in [4.78, 5) is 18.9. The first-order chi connectivity index (χ1) is 9.47. The Kier molecular flexibility index (Phi) is 4.49. The van der Waals surface area contributed by atoms with Crippen molar-refractivity contribution >= 4 is 17.2 Å². The van der Waals surface area contributed by atoms with Gasteiger partial charge in [-0.1, -0.05) is 13.8 Å². The van der Waals surface area contributed by atoms with Crippen LogP contribution in [0, 0.1) is 19.8 Å². The highest BCUT2D eigenvalue weighted by molar-refractivity contribution is 7.13. The van der Waals surface area contributed by atoms with E-state index in [0.717, 1.165) is 10.7 Å². The van der Waals surface area contributed by atoms with Crippen LogP contribution in [-0.4, -0.2) is 31.9 Å². The van der Waals surface area contributed by atoms with Gasteiger partial charge in [0.25, 0.3) is 5.91 Å². The Bertz CT molecular complexity index is 576. The van der Waals surface area contributed by atoms with Crippen molar-refractivity contribution in [1.82, 2.24) is 25.3 Å². The topological polar surface area (TPSA) is 72.7 Å². The van der Waals surface area contributed by atoms with Crippen LogP contribution in [-0.2, 0) is 6.54 Å². The maximum absolute atomic E-state index is 12.3. The summed E-state index contributed by atoms with van der Waals surface area (Å²) in [7, 11) is 0. The van der Waals surface area contributed by atoms with Gasteiger partial charge in [-0.2, -0.15) is 15.0 Å². The second-order valence-electron chi connectivity index (χ2n) is 5.06. The monoisotopic (exact) mass is 293 g/mol. The highest BCUT2D eigenvalue weighted by Gasteiger charge is 2.21. The molecule has 2 rings (SSSR count). The van der Waals surface area contributed by atoms with E-state index in [0.29, 0.717) is 17.3 Å². The second-order valence-corrected chi connectivity index (χ2v) is 6.26. The molecule has 0 bridgehead atoms. The van der Waals surface area contributed by atoms with Crippen LogP contribution in [0.3, 0.4) is 0 Å². The molecule has 0 saturated carbocycles. The standard InChI is InChI=1S/C13H19N5OS/c1-8(2)11(7-18-14-5-6-15-18)17-13(19)12-9(3)16-10(4)20-12/h5-6,8,11H,7H2,1-4H3,(H,17,19). The number of nitrogens with zero attached hydrogens (tertiary/aromatic N) is 4. The van der Waals surface area contributed by atoms with Crippen molar-refractivity contribution in [2.24, 2.45) is 5.92 Å². The molecule has 20 heavy (non-hydrogen) atoms. The van der Waals surface area contributed by atoms with Gasteiger partial charge in [0.05, 0.1) is 35.7 Å². The quantitative estimate of drug-likeness (QED) is 0.912. The van der Waals surface area contributed by atoms with Gasteiger partial charge in [0.15, 0.2) is 0 Å². The third kappa shape index (κ3) is 3.41. The van der Waals surface area contributed by atoms with Gasteiger partial charge in [-0.15, -0.1) is 11.3 Å². The zero-order valence-electron chi connectivity index (χ0n) is 12.1. The molecule has 0 fully saturated rings. The summed E-state index contributed by atoms with van der Waals surface area (Å²) in [5.41, 5.74) is 0.782. The van der Waals surface area contributed by atoms with E-state index in [1.54, 1.807) is 17.2 Å². The predicted molar refractivity (Wildman–Crippen MR) is 77.7 cm³/mol. The SMILES string of the molecule is Cc1nc(C)c(C(=O)NC(Cn2nccn2)C(C)C)s1. The minimum absolute atomic E-state index is 0.0169. The third-order valence-electron chi connectivity index (χ3n) is 3.06. The molecule has 1 unspecified atom stereocenters. The molecule has 0 saturated heterocycles. The van der Waals surface area contributed by atoms with E-state index in [9.17, 15) is 4.79 Å². The molecule has 6 nitrogen and oxygen atoms in total. The van der Waals surface area contributed by atoms with Gasteiger partial charge in [-0.3, -0.25) is 4.79 Å². The van der Waals surface area contributed by atoms with Crippen molar-refractivity contribution < 1.29 is 4.79 Å². The van der Waals surface area contributed by atoms with E-state index in [1.807, 2.05) is 13.8 Å². The summed E-state index contributed by atoms with van der Waals surface area (Å²) in [5, 5.41) is 12.1. The minimum Gasteiger partial charge on any atom is -0.346 e. The van der Waals surface area contributed by atoms with Crippen molar-refractivity contribution in [1.29, 1.82) is 0 Å². The first-order valence-corrected chi connectivity index (χ1v) is 7.38. The lowest BCUT2D eigenvalue weighted by molar-refractivity contribution is 0.0921. The zero-order valence-corrected chi connectivity index (χ0v) is 12.9. The molecule has 1 atom stereocenters. The largest absolute Gasteiger partial charge is 0.346 e. The van der Waals surface area contributed by atoms with Gasteiger partial charge >= 0.3 is 0 Å². The Balaban J connectivity index is 2.08. The average Bonchev–Trinajstić information content (AvgIpc) is 2.97. The van der Waals surface area contributed by atoms with Gasteiger partial charge in [-0.25, -0.2) is 4.98 Å². The van der Waals surface area contributed by atoms with Crippen LogP contribution in [0.4, 0.5) is 0 Å². The predicted octanol–water partition coefficient (Wildman–Crippen LogP) is 1.81. The molecule has 7 heteroatoms. The molecule has 0 radical (unpaired) electrons. The number of carbonyl (C=O) groups excluding carboxylic acids is 1. The minimum atomic E-state index is -0.0704. The second kappa shape index (κ2) is 6.13. The molecular weight excluding hydrogens is 274 g/mol. The van der Waals surface area contributed by atoms with E-state index >= 15 is 0 Å². The number of hydrogen-bond acceptors (Lipinski definition) is 5. The Morgan fingerprint density at radius 1 is 1.35 bits per heavy atom. The summed E-state index contributed by atoms with van der Waals surface area (Å²) in [6, 6.07) is -0.0169. The van der Waals surface area contributed by atoms with Gasteiger partial charge in [-0.05, 0) is 19.8 Å². The maximum Gasteiger partial charge on any atom is 0.263 e. The highest BCUT2D eigenvalue weighted by atomic mass is 32.1. The molecule has 2 aromatic rings. The highest BCUT2D eigenvalue weighted by Crippen LogP contribution is 2.17. The van der Waals surface area contributed by atoms with E-state index in [2.05, 4.69) is 34.3 Å². The van der Waals surface area contributed by atoms with Crippen LogP contribution in [0.5, 0.6) is 0 Å². The Labute approximate surface area is 122 Å². The summed E-state index contributed by atoms with van der Waals surface area (Å²) < 4.78 is 0. The number of amides is 1. The van der Waals surface area contributed by atoms with E-state index in [1.165, 1.54) is 11.3 Å². The molecule has 0 aliphatic rings. The van der Waals surface area contributed by atoms with Gasteiger partial charge in [0.1, 0.15) is 4.88 Å². The maximum atomic E-state index is 12.3. The van der Waals surface area contributed by atoms with Crippen LogP contribution in [0.25, 0.3) is 0 Å². The van der Waals surface area contributed by atoms with Gasteiger partial charge in [0.2, 0.25) is 0 Å². The molecule has 1 amide bonds.